The monoisotopic (exact) mass is 518 g/mol. The van der Waals surface area contributed by atoms with Crippen LogP contribution in [0.5, 0.6) is 0 Å². The van der Waals surface area contributed by atoms with Gasteiger partial charge in [0.05, 0.1) is 10.6 Å². The number of nitrogens with zero attached hydrogens (tertiary/aromatic N) is 1. The quantitative estimate of drug-likeness (QED) is 0.324. The molecule has 162 valence electrons. The molecule has 31 heavy (non-hydrogen) atoms. The fourth-order valence-corrected chi connectivity index (χ4v) is 5.44. The third-order valence-electron chi connectivity index (χ3n) is 4.43. The molecule has 5 nitrogen and oxygen atoms in total. The van der Waals surface area contributed by atoms with Crippen molar-refractivity contribution < 1.29 is 13.2 Å². The van der Waals surface area contributed by atoms with E-state index in [2.05, 4.69) is 21.2 Å². The van der Waals surface area contributed by atoms with E-state index in [1.54, 1.807) is 54.2 Å². The lowest BCUT2D eigenvalue weighted by molar-refractivity contribution is -0.119. The molecule has 1 N–H and O–H groups in total. The van der Waals surface area contributed by atoms with Gasteiger partial charge in [0.1, 0.15) is 6.54 Å². The first-order chi connectivity index (χ1) is 14.9. The van der Waals surface area contributed by atoms with Crippen molar-refractivity contribution in [2.75, 3.05) is 23.1 Å². The Hall–Kier alpha value is -2.29. The largest absolute Gasteiger partial charge is 0.354 e. The number of hydrogen-bond acceptors (Lipinski definition) is 4. The van der Waals surface area contributed by atoms with Crippen LogP contribution in [0.2, 0.25) is 0 Å². The Kier molecular flexibility index (Phi) is 8.17. The maximum atomic E-state index is 13.2. The maximum absolute atomic E-state index is 13.2. The standard InChI is InChI=1S/C23H23BrN2O3S2/c1-18-10-12-21(13-11-18)30-15-14-25-23(27)17-26(20-7-5-6-19(24)16-20)31(28,29)22-8-3-2-4-9-22/h2-13,16H,14-15,17H2,1H3,(H,25,27). The van der Waals surface area contributed by atoms with Crippen LogP contribution in [0, 0.1) is 6.92 Å². The lowest BCUT2D eigenvalue weighted by Gasteiger charge is -2.24. The van der Waals surface area contributed by atoms with Crippen LogP contribution in [0.3, 0.4) is 0 Å². The second-order valence-corrected chi connectivity index (χ2v) is 10.8. The molecule has 0 radical (unpaired) electrons. The minimum absolute atomic E-state index is 0.137. The number of sulfonamides is 1. The molecule has 3 rings (SSSR count). The summed E-state index contributed by atoms with van der Waals surface area (Å²) in [5.74, 6) is 0.334. The highest BCUT2D eigenvalue weighted by Crippen LogP contribution is 2.26. The fraction of sp³-hybridized carbons (Fsp3) is 0.174. The first-order valence-electron chi connectivity index (χ1n) is 9.66. The zero-order chi connectivity index (χ0) is 22.3. The second-order valence-electron chi connectivity index (χ2n) is 6.82. The summed E-state index contributed by atoms with van der Waals surface area (Å²) in [5, 5.41) is 2.83. The molecule has 0 bridgehead atoms. The van der Waals surface area contributed by atoms with E-state index in [0.29, 0.717) is 18.0 Å². The van der Waals surface area contributed by atoms with E-state index in [1.165, 1.54) is 17.7 Å². The highest BCUT2D eigenvalue weighted by atomic mass is 79.9. The molecule has 0 aliphatic rings. The van der Waals surface area contributed by atoms with Gasteiger partial charge in [0.15, 0.2) is 0 Å². The van der Waals surface area contributed by atoms with Gasteiger partial charge in [0.2, 0.25) is 5.91 Å². The fourth-order valence-electron chi connectivity index (χ4n) is 2.85. The average Bonchev–Trinajstić information content (AvgIpc) is 2.77. The Morgan fingerprint density at radius 3 is 2.39 bits per heavy atom. The summed E-state index contributed by atoms with van der Waals surface area (Å²) in [7, 11) is -3.90. The highest BCUT2D eigenvalue weighted by Gasteiger charge is 2.27. The van der Waals surface area contributed by atoms with Crippen LogP contribution in [0.1, 0.15) is 5.56 Å². The molecule has 0 aliphatic heterocycles. The van der Waals surface area contributed by atoms with Crippen LogP contribution in [0.25, 0.3) is 0 Å². The average molecular weight is 519 g/mol. The number of benzene rings is 3. The summed E-state index contributed by atoms with van der Waals surface area (Å²) in [6.45, 7) is 2.17. The minimum Gasteiger partial charge on any atom is -0.354 e. The zero-order valence-corrected chi connectivity index (χ0v) is 20.2. The number of hydrogen-bond donors (Lipinski definition) is 1. The number of anilines is 1. The summed E-state index contributed by atoms with van der Waals surface area (Å²) in [5.41, 5.74) is 1.62. The number of amides is 1. The van der Waals surface area contributed by atoms with E-state index in [9.17, 15) is 13.2 Å². The first-order valence-corrected chi connectivity index (χ1v) is 12.9. The minimum atomic E-state index is -3.90. The van der Waals surface area contributed by atoms with Crippen molar-refractivity contribution in [3.8, 4) is 0 Å². The van der Waals surface area contributed by atoms with Gasteiger partial charge in [0, 0.05) is 21.7 Å². The third-order valence-corrected chi connectivity index (χ3v) is 7.72. The Labute approximate surface area is 196 Å². The SMILES string of the molecule is Cc1ccc(SCCNC(=O)CN(c2cccc(Br)c2)S(=O)(=O)c2ccccc2)cc1. The topological polar surface area (TPSA) is 66.5 Å². The summed E-state index contributed by atoms with van der Waals surface area (Å²) < 4.78 is 28.4. The molecule has 0 heterocycles. The van der Waals surface area contributed by atoms with Crippen molar-refractivity contribution in [1.29, 1.82) is 0 Å². The molecule has 8 heteroatoms. The van der Waals surface area contributed by atoms with Gasteiger partial charge in [-0.15, -0.1) is 11.8 Å². The number of aryl methyl sites for hydroxylation is 1. The van der Waals surface area contributed by atoms with Crippen molar-refractivity contribution in [3.63, 3.8) is 0 Å². The Balaban J connectivity index is 1.68. The molecule has 1 amide bonds. The maximum Gasteiger partial charge on any atom is 0.264 e. The highest BCUT2D eigenvalue weighted by molar-refractivity contribution is 9.10. The first kappa shape index (κ1) is 23.4. The molecule has 3 aromatic carbocycles. The molecule has 0 saturated carbocycles. The molecule has 0 atom stereocenters. The molecule has 0 aliphatic carbocycles. The smallest absolute Gasteiger partial charge is 0.264 e. The van der Waals surface area contributed by atoms with Gasteiger partial charge in [0.25, 0.3) is 10.0 Å². The van der Waals surface area contributed by atoms with Crippen LogP contribution in [-0.4, -0.2) is 33.2 Å². The van der Waals surface area contributed by atoms with Gasteiger partial charge in [-0.25, -0.2) is 8.42 Å². The number of carbonyl (C=O) groups is 1. The lowest BCUT2D eigenvalue weighted by Crippen LogP contribution is -2.41. The van der Waals surface area contributed by atoms with Gasteiger partial charge in [-0.3, -0.25) is 9.10 Å². The lowest BCUT2D eigenvalue weighted by atomic mass is 10.2. The van der Waals surface area contributed by atoms with Crippen LogP contribution in [-0.2, 0) is 14.8 Å². The van der Waals surface area contributed by atoms with Crippen LogP contribution < -0.4 is 9.62 Å². The van der Waals surface area contributed by atoms with E-state index >= 15 is 0 Å². The van der Waals surface area contributed by atoms with Crippen molar-refractivity contribution >= 4 is 49.3 Å². The van der Waals surface area contributed by atoms with Crippen molar-refractivity contribution in [2.24, 2.45) is 0 Å². The predicted molar refractivity (Wildman–Crippen MR) is 130 cm³/mol. The molecular formula is C23H23BrN2O3S2. The second kappa shape index (κ2) is 10.8. The van der Waals surface area contributed by atoms with Crippen molar-refractivity contribution in [2.45, 2.75) is 16.7 Å². The van der Waals surface area contributed by atoms with Gasteiger partial charge in [-0.05, 0) is 49.4 Å². The normalized spacial score (nSPS) is 11.2. The number of carbonyl (C=O) groups excluding carboxylic acids is 1. The van der Waals surface area contributed by atoms with Crippen molar-refractivity contribution in [1.82, 2.24) is 5.32 Å². The molecule has 0 aromatic heterocycles. The van der Waals surface area contributed by atoms with Crippen LogP contribution >= 0.6 is 27.7 Å². The van der Waals surface area contributed by atoms with Gasteiger partial charge < -0.3 is 5.32 Å². The van der Waals surface area contributed by atoms with Gasteiger partial charge in [-0.1, -0.05) is 57.9 Å². The molecular weight excluding hydrogens is 496 g/mol. The number of nitrogens with one attached hydrogen (secondary N) is 1. The number of halogens is 1. The summed E-state index contributed by atoms with van der Waals surface area (Å²) in [6, 6.07) is 23.2. The predicted octanol–water partition coefficient (Wildman–Crippen LogP) is 4.86. The molecule has 0 saturated heterocycles. The van der Waals surface area contributed by atoms with Crippen LogP contribution in [0.15, 0.2) is 93.1 Å². The summed E-state index contributed by atoms with van der Waals surface area (Å²) in [6.07, 6.45) is 0. The number of thioether (sulfide) groups is 1. The Morgan fingerprint density at radius 2 is 1.71 bits per heavy atom. The van der Waals surface area contributed by atoms with Gasteiger partial charge in [-0.2, -0.15) is 0 Å². The molecule has 3 aromatic rings. The van der Waals surface area contributed by atoms with Crippen molar-refractivity contribution in [3.05, 3.63) is 88.9 Å². The van der Waals surface area contributed by atoms with E-state index < -0.39 is 10.0 Å². The van der Waals surface area contributed by atoms with Gasteiger partial charge >= 0.3 is 0 Å². The zero-order valence-electron chi connectivity index (χ0n) is 17.0. The number of rotatable bonds is 9. The Morgan fingerprint density at radius 1 is 1.00 bits per heavy atom. The third kappa shape index (κ3) is 6.59. The van der Waals surface area contributed by atoms with E-state index in [1.807, 2.05) is 31.2 Å². The van der Waals surface area contributed by atoms with Crippen LogP contribution in [0.4, 0.5) is 5.69 Å². The Bertz CT molecular complexity index is 1120. The molecule has 0 fully saturated rings. The summed E-state index contributed by atoms with van der Waals surface area (Å²) in [4.78, 5) is 13.9. The van der Waals surface area contributed by atoms with E-state index in [-0.39, 0.29) is 17.3 Å². The molecule has 0 spiro atoms. The summed E-state index contributed by atoms with van der Waals surface area (Å²) >= 11 is 5.01. The van der Waals surface area contributed by atoms with E-state index in [0.717, 1.165) is 13.7 Å². The molecule has 0 unspecified atom stereocenters. The van der Waals surface area contributed by atoms with E-state index in [4.69, 9.17) is 0 Å².